The third-order valence-electron chi connectivity index (χ3n) is 4.32. The van der Waals surface area contributed by atoms with Crippen molar-refractivity contribution in [1.82, 2.24) is 4.90 Å². The number of likely N-dealkylation sites (tertiary alicyclic amines) is 1. The normalized spacial score (nSPS) is 15.1. The van der Waals surface area contributed by atoms with Gasteiger partial charge in [0.1, 0.15) is 0 Å². The molecule has 0 aromatic heterocycles. The average molecular weight is 316 g/mol. The first kappa shape index (κ1) is 17.5. The topological polar surface area (TPSA) is 49.4 Å². The highest BCUT2D eigenvalue weighted by atomic mass is 16.2. The molecule has 0 bridgehead atoms. The molecule has 0 unspecified atom stereocenters. The third kappa shape index (κ3) is 5.70. The number of anilines is 1. The monoisotopic (exact) mass is 316 g/mol. The number of nitrogens with zero attached hydrogens (tertiary/aromatic N) is 1. The van der Waals surface area contributed by atoms with Crippen LogP contribution in [0.15, 0.2) is 24.3 Å². The van der Waals surface area contributed by atoms with E-state index in [9.17, 15) is 9.59 Å². The molecule has 1 saturated heterocycles. The Morgan fingerprint density at radius 2 is 1.65 bits per heavy atom. The van der Waals surface area contributed by atoms with Gasteiger partial charge in [0, 0.05) is 30.8 Å². The number of rotatable bonds is 6. The molecule has 1 aliphatic heterocycles. The number of hydrogen-bond acceptors (Lipinski definition) is 2. The highest BCUT2D eigenvalue weighted by Gasteiger charge is 2.17. The number of carbonyl (C=O) groups excluding carboxylic acids is 2. The van der Waals surface area contributed by atoms with Gasteiger partial charge < -0.3 is 10.2 Å². The van der Waals surface area contributed by atoms with Crippen LogP contribution in [0.3, 0.4) is 0 Å². The van der Waals surface area contributed by atoms with Gasteiger partial charge in [-0.05, 0) is 43.5 Å². The lowest BCUT2D eigenvalue weighted by molar-refractivity contribution is -0.116. The lowest BCUT2D eigenvalue weighted by Gasteiger charge is -2.20. The molecule has 0 saturated carbocycles. The van der Waals surface area contributed by atoms with E-state index in [1.54, 1.807) is 0 Å². The summed E-state index contributed by atoms with van der Waals surface area (Å²) in [5, 5.41) is 2.89. The fourth-order valence-corrected chi connectivity index (χ4v) is 2.91. The minimum atomic E-state index is 0.0463. The molecule has 1 aromatic carbocycles. The van der Waals surface area contributed by atoms with E-state index in [-0.39, 0.29) is 11.8 Å². The average Bonchev–Trinajstić information content (AvgIpc) is 2.84. The first-order valence-corrected chi connectivity index (χ1v) is 8.90. The van der Waals surface area contributed by atoms with Gasteiger partial charge in [0.25, 0.3) is 5.91 Å². The molecule has 0 atom stereocenters. The highest BCUT2D eigenvalue weighted by molar-refractivity contribution is 5.95. The maximum absolute atomic E-state index is 12.5. The van der Waals surface area contributed by atoms with E-state index in [1.165, 1.54) is 12.8 Å². The first-order valence-electron chi connectivity index (χ1n) is 8.90. The van der Waals surface area contributed by atoms with Gasteiger partial charge in [-0.25, -0.2) is 0 Å². The molecule has 126 valence electrons. The molecular weight excluding hydrogens is 288 g/mol. The quantitative estimate of drug-likeness (QED) is 0.799. The van der Waals surface area contributed by atoms with Crippen molar-refractivity contribution in [2.45, 2.75) is 58.3 Å². The molecule has 0 radical (unpaired) electrons. The van der Waals surface area contributed by atoms with E-state index in [1.807, 2.05) is 29.2 Å². The van der Waals surface area contributed by atoms with Crippen LogP contribution < -0.4 is 5.32 Å². The van der Waals surface area contributed by atoms with Gasteiger partial charge in [-0.3, -0.25) is 9.59 Å². The zero-order valence-corrected chi connectivity index (χ0v) is 14.1. The summed E-state index contributed by atoms with van der Waals surface area (Å²) in [6.07, 6.45) is 8.29. The Kier molecular flexibility index (Phi) is 7.11. The van der Waals surface area contributed by atoms with Crippen molar-refractivity contribution >= 4 is 17.5 Å². The van der Waals surface area contributed by atoms with Crippen molar-refractivity contribution in [2.24, 2.45) is 0 Å². The Morgan fingerprint density at radius 1 is 1.00 bits per heavy atom. The van der Waals surface area contributed by atoms with Gasteiger partial charge in [-0.1, -0.05) is 32.6 Å². The molecule has 4 nitrogen and oxygen atoms in total. The zero-order chi connectivity index (χ0) is 16.5. The maximum Gasteiger partial charge on any atom is 0.253 e. The van der Waals surface area contributed by atoms with Crippen molar-refractivity contribution in [2.75, 3.05) is 18.4 Å². The lowest BCUT2D eigenvalue weighted by atomic mass is 10.1. The fraction of sp³-hybridized carbons (Fsp3) is 0.579. The molecular formula is C19H28N2O2. The van der Waals surface area contributed by atoms with Crippen LogP contribution in [0.25, 0.3) is 0 Å². The van der Waals surface area contributed by atoms with Gasteiger partial charge in [0.05, 0.1) is 0 Å². The molecule has 1 aromatic rings. The number of amides is 2. The molecule has 2 rings (SSSR count). The Labute approximate surface area is 139 Å². The summed E-state index contributed by atoms with van der Waals surface area (Å²) in [5.41, 5.74) is 1.47. The van der Waals surface area contributed by atoms with E-state index >= 15 is 0 Å². The molecule has 23 heavy (non-hydrogen) atoms. The minimum Gasteiger partial charge on any atom is -0.339 e. The van der Waals surface area contributed by atoms with Crippen LogP contribution >= 0.6 is 0 Å². The Bertz CT molecular complexity index is 503. The van der Waals surface area contributed by atoms with Gasteiger partial charge in [0.15, 0.2) is 0 Å². The largest absolute Gasteiger partial charge is 0.339 e. The summed E-state index contributed by atoms with van der Waals surface area (Å²) in [4.78, 5) is 26.3. The van der Waals surface area contributed by atoms with Gasteiger partial charge in [-0.2, -0.15) is 0 Å². The second-order valence-corrected chi connectivity index (χ2v) is 6.29. The van der Waals surface area contributed by atoms with E-state index in [0.717, 1.165) is 50.9 Å². The summed E-state index contributed by atoms with van der Waals surface area (Å²) < 4.78 is 0. The predicted molar refractivity (Wildman–Crippen MR) is 93.6 cm³/mol. The summed E-state index contributed by atoms with van der Waals surface area (Å²) in [6, 6.07) is 7.27. The smallest absolute Gasteiger partial charge is 0.253 e. The van der Waals surface area contributed by atoms with E-state index < -0.39 is 0 Å². The molecule has 1 aliphatic rings. The molecule has 4 heteroatoms. The van der Waals surface area contributed by atoms with Crippen molar-refractivity contribution in [3.8, 4) is 0 Å². The second-order valence-electron chi connectivity index (χ2n) is 6.29. The summed E-state index contributed by atoms with van der Waals surface area (Å²) in [7, 11) is 0. The molecule has 1 N–H and O–H groups in total. The number of benzene rings is 1. The van der Waals surface area contributed by atoms with Crippen LogP contribution in [0, 0.1) is 0 Å². The van der Waals surface area contributed by atoms with E-state index in [0.29, 0.717) is 12.0 Å². The predicted octanol–water partition coefficient (Wildman–Crippen LogP) is 4.22. The van der Waals surface area contributed by atoms with Gasteiger partial charge in [-0.15, -0.1) is 0 Å². The second kappa shape index (κ2) is 9.33. The van der Waals surface area contributed by atoms with Crippen molar-refractivity contribution < 1.29 is 9.59 Å². The number of carbonyl (C=O) groups is 2. The summed E-state index contributed by atoms with van der Waals surface area (Å²) in [5.74, 6) is 0.151. The minimum absolute atomic E-state index is 0.0463. The highest BCUT2D eigenvalue weighted by Crippen LogP contribution is 2.16. The first-order chi connectivity index (χ1) is 11.2. The molecule has 1 heterocycles. The molecule has 0 spiro atoms. The van der Waals surface area contributed by atoms with Crippen LogP contribution in [0.1, 0.15) is 68.6 Å². The fourth-order valence-electron chi connectivity index (χ4n) is 2.91. The molecule has 2 amide bonds. The number of unbranched alkanes of at least 4 members (excludes halogenated alkanes) is 2. The van der Waals surface area contributed by atoms with Gasteiger partial charge >= 0.3 is 0 Å². The molecule has 1 fully saturated rings. The SMILES string of the molecule is CCCCCC(=O)Nc1ccc(C(=O)N2CCCCCC2)cc1. The number of hydrogen-bond donors (Lipinski definition) is 1. The van der Waals surface area contributed by atoms with Crippen molar-refractivity contribution in [3.05, 3.63) is 29.8 Å². The summed E-state index contributed by atoms with van der Waals surface area (Å²) in [6.45, 7) is 3.83. The van der Waals surface area contributed by atoms with Crippen LogP contribution in [0.5, 0.6) is 0 Å². The van der Waals surface area contributed by atoms with E-state index in [2.05, 4.69) is 12.2 Å². The maximum atomic E-state index is 12.5. The van der Waals surface area contributed by atoms with Crippen LogP contribution in [-0.2, 0) is 4.79 Å². The number of nitrogens with one attached hydrogen (secondary N) is 1. The standard InChI is InChI=1S/C19H28N2O2/c1-2-3-6-9-18(22)20-17-12-10-16(11-13-17)19(23)21-14-7-4-5-8-15-21/h10-13H,2-9,14-15H2,1H3,(H,20,22). The van der Waals surface area contributed by atoms with Crippen molar-refractivity contribution in [3.63, 3.8) is 0 Å². The lowest BCUT2D eigenvalue weighted by Crippen LogP contribution is -2.31. The summed E-state index contributed by atoms with van der Waals surface area (Å²) >= 11 is 0. The Balaban J connectivity index is 1.88. The van der Waals surface area contributed by atoms with Gasteiger partial charge in [0.2, 0.25) is 5.91 Å². The van der Waals surface area contributed by atoms with Crippen molar-refractivity contribution in [1.29, 1.82) is 0 Å². The Hall–Kier alpha value is -1.84. The third-order valence-corrected chi connectivity index (χ3v) is 4.32. The van der Waals surface area contributed by atoms with Crippen LogP contribution in [0.4, 0.5) is 5.69 Å². The molecule has 0 aliphatic carbocycles. The van der Waals surface area contributed by atoms with Crippen LogP contribution in [-0.4, -0.2) is 29.8 Å². The van der Waals surface area contributed by atoms with E-state index in [4.69, 9.17) is 0 Å². The zero-order valence-electron chi connectivity index (χ0n) is 14.1. The Morgan fingerprint density at radius 3 is 2.26 bits per heavy atom. The van der Waals surface area contributed by atoms with Crippen LogP contribution in [0.2, 0.25) is 0 Å².